The maximum atomic E-state index is 13.5. The first-order valence-corrected chi connectivity index (χ1v) is 10.6. The number of imide groups is 1. The number of rotatable bonds is 5. The third kappa shape index (κ3) is 3.97. The van der Waals surface area contributed by atoms with Crippen LogP contribution in [-0.4, -0.2) is 18.9 Å². The number of nitrogens with one attached hydrogen (secondary N) is 1. The molecule has 0 radical (unpaired) electrons. The van der Waals surface area contributed by atoms with Gasteiger partial charge in [-0.15, -0.1) is 0 Å². The Morgan fingerprint density at radius 3 is 2.19 bits per heavy atom. The van der Waals surface area contributed by atoms with Crippen molar-refractivity contribution >= 4 is 52.0 Å². The van der Waals surface area contributed by atoms with E-state index in [2.05, 4.69) is 5.32 Å². The van der Waals surface area contributed by atoms with Crippen LogP contribution in [0.5, 0.6) is 5.75 Å². The third-order valence-electron chi connectivity index (χ3n) is 5.26. The fraction of sp³-hybridized carbons (Fsp3) is 0.120. The van der Waals surface area contributed by atoms with Crippen LogP contribution in [0.1, 0.15) is 16.7 Å². The predicted molar refractivity (Wildman–Crippen MR) is 128 cm³/mol. The summed E-state index contributed by atoms with van der Waals surface area (Å²) in [6, 6.07) is 17.6. The van der Waals surface area contributed by atoms with Gasteiger partial charge in [0.1, 0.15) is 11.4 Å². The molecule has 0 unspecified atom stereocenters. The number of carbonyl (C=O) groups is 2. The molecule has 0 fully saturated rings. The van der Waals surface area contributed by atoms with Crippen LogP contribution in [0.3, 0.4) is 0 Å². The van der Waals surface area contributed by atoms with Gasteiger partial charge in [0, 0.05) is 10.7 Å². The lowest BCUT2D eigenvalue weighted by molar-refractivity contribution is -0.120. The number of methoxy groups -OCH3 is 1. The van der Waals surface area contributed by atoms with E-state index in [-0.39, 0.29) is 11.3 Å². The number of aryl methyl sites for hydroxylation is 2. The Morgan fingerprint density at radius 2 is 1.56 bits per heavy atom. The van der Waals surface area contributed by atoms with E-state index in [1.165, 1.54) is 13.2 Å². The van der Waals surface area contributed by atoms with E-state index >= 15 is 0 Å². The number of nitrogens with zero attached hydrogens (tertiary/aromatic N) is 1. The van der Waals surface area contributed by atoms with E-state index in [0.29, 0.717) is 32.7 Å². The maximum Gasteiger partial charge on any atom is 0.282 e. The van der Waals surface area contributed by atoms with E-state index in [0.717, 1.165) is 16.0 Å². The Hall–Kier alpha value is -3.28. The van der Waals surface area contributed by atoms with Crippen LogP contribution < -0.4 is 15.0 Å². The zero-order chi connectivity index (χ0) is 23.0. The number of benzene rings is 3. The fourth-order valence-corrected chi connectivity index (χ4v) is 3.91. The molecule has 2 amide bonds. The molecule has 4 rings (SSSR count). The molecule has 0 bridgehead atoms. The van der Waals surface area contributed by atoms with Gasteiger partial charge >= 0.3 is 0 Å². The quantitative estimate of drug-likeness (QED) is 0.467. The van der Waals surface area contributed by atoms with Crippen molar-refractivity contribution in [2.45, 2.75) is 13.8 Å². The Morgan fingerprint density at radius 1 is 0.844 bits per heavy atom. The molecule has 1 aliphatic heterocycles. The second-order valence-electron chi connectivity index (χ2n) is 7.47. The smallest absolute Gasteiger partial charge is 0.282 e. The average Bonchev–Trinajstić information content (AvgIpc) is 3.01. The van der Waals surface area contributed by atoms with Crippen LogP contribution in [0.25, 0.3) is 5.57 Å². The van der Waals surface area contributed by atoms with Gasteiger partial charge in [-0.05, 0) is 55.3 Å². The maximum absolute atomic E-state index is 13.5. The second kappa shape index (κ2) is 8.69. The lowest BCUT2D eigenvalue weighted by atomic mass is 10.0. The van der Waals surface area contributed by atoms with Crippen molar-refractivity contribution in [3.8, 4) is 5.75 Å². The molecule has 3 aromatic carbocycles. The lowest BCUT2D eigenvalue weighted by Gasteiger charge is -2.16. The van der Waals surface area contributed by atoms with Gasteiger partial charge in [0.05, 0.1) is 23.4 Å². The molecule has 0 spiro atoms. The highest BCUT2D eigenvalue weighted by atomic mass is 35.5. The van der Waals surface area contributed by atoms with Gasteiger partial charge in [-0.1, -0.05) is 59.1 Å². The number of hydrogen-bond donors (Lipinski definition) is 1. The van der Waals surface area contributed by atoms with Crippen LogP contribution in [0.4, 0.5) is 11.4 Å². The number of carbonyl (C=O) groups excluding carboxylic acids is 2. The summed E-state index contributed by atoms with van der Waals surface area (Å²) >= 11 is 12.5. The molecule has 7 heteroatoms. The van der Waals surface area contributed by atoms with Gasteiger partial charge in [-0.3, -0.25) is 9.59 Å². The van der Waals surface area contributed by atoms with Crippen LogP contribution in [-0.2, 0) is 9.59 Å². The van der Waals surface area contributed by atoms with Gasteiger partial charge < -0.3 is 10.1 Å². The summed E-state index contributed by atoms with van der Waals surface area (Å²) in [6.45, 7) is 3.85. The third-order valence-corrected chi connectivity index (χ3v) is 5.96. The minimum Gasteiger partial charge on any atom is -0.495 e. The molecular formula is C25H20Cl2N2O3. The highest BCUT2D eigenvalue weighted by Crippen LogP contribution is 2.37. The van der Waals surface area contributed by atoms with E-state index in [4.69, 9.17) is 27.9 Å². The molecule has 0 atom stereocenters. The molecule has 1 heterocycles. The first kappa shape index (κ1) is 21.9. The molecule has 1 N–H and O–H groups in total. The van der Waals surface area contributed by atoms with Gasteiger partial charge in [-0.25, -0.2) is 4.90 Å². The minimum atomic E-state index is -0.483. The van der Waals surface area contributed by atoms with Gasteiger partial charge in [0.2, 0.25) is 0 Å². The molecule has 0 saturated heterocycles. The number of amides is 2. The fourth-order valence-electron chi connectivity index (χ4n) is 3.48. The van der Waals surface area contributed by atoms with E-state index in [9.17, 15) is 9.59 Å². The number of ether oxygens (including phenoxy) is 1. The molecule has 5 nitrogen and oxygen atoms in total. The average molecular weight is 467 g/mol. The number of hydrogen-bond acceptors (Lipinski definition) is 4. The summed E-state index contributed by atoms with van der Waals surface area (Å²) < 4.78 is 5.18. The number of anilines is 2. The van der Waals surface area contributed by atoms with Crippen molar-refractivity contribution < 1.29 is 14.3 Å². The molecule has 0 aromatic heterocycles. The molecule has 32 heavy (non-hydrogen) atoms. The van der Waals surface area contributed by atoms with Crippen molar-refractivity contribution in [1.29, 1.82) is 0 Å². The Kier molecular flexibility index (Phi) is 5.96. The Bertz CT molecular complexity index is 1270. The predicted octanol–water partition coefficient (Wildman–Crippen LogP) is 6.02. The summed E-state index contributed by atoms with van der Waals surface area (Å²) in [5, 5.41) is 3.97. The van der Waals surface area contributed by atoms with Crippen LogP contribution in [0, 0.1) is 13.8 Å². The minimum absolute atomic E-state index is 0.172. The van der Waals surface area contributed by atoms with Gasteiger partial charge in [0.25, 0.3) is 11.8 Å². The topological polar surface area (TPSA) is 58.6 Å². The largest absolute Gasteiger partial charge is 0.495 e. The van der Waals surface area contributed by atoms with Gasteiger partial charge in [0.15, 0.2) is 0 Å². The van der Waals surface area contributed by atoms with Crippen molar-refractivity contribution in [2.75, 3.05) is 17.3 Å². The standard InChI is InChI=1S/C25H20Cl2N2O3/c1-14-4-7-16(8-5-14)22-23(28-17-9-6-15(2)19(26)12-17)25(31)29(24(22)30)18-10-11-21(32-3)20(27)13-18/h4-13,28H,1-3H3. The van der Waals surface area contributed by atoms with E-state index in [1.807, 2.05) is 50.2 Å². The summed E-state index contributed by atoms with van der Waals surface area (Å²) in [7, 11) is 1.50. The molecule has 3 aromatic rings. The molecule has 162 valence electrons. The summed E-state index contributed by atoms with van der Waals surface area (Å²) in [5.41, 5.74) is 4.00. The number of halogens is 2. The highest BCUT2D eigenvalue weighted by molar-refractivity contribution is 6.46. The monoisotopic (exact) mass is 466 g/mol. The normalized spacial score (nSPS) is 13.7. The second-order valence-corrected chi connectivity index (χ2v) is 8.28. The van der Waals surface area contributed by atoms with E-state index < -0.39 is 11.8 Å². The van der Waals surface area contributed by atoms with Crippen molar-refractivity contribution in [3.63, 3.8) is 0 Å². The van der Waals surface area contributed by atoms with Crippen molar-refractivity contribution in [3.05, 3.63) is 93.1 Å². The summed E-state index contributed by atoms with van der Waals surface area (Å²) in [4.78, 5) is 28.1. The first-order chi connectivity index (χ1) is 15.3. The van der Waals surface area contributed by atoms with Crippen molar-refractivity contribution in [1.82, 2.24) is 0 Å². The molecular weight excluding hydrogens is 447 g/mol. The van der Waals surface area contributed by atoms with Gasteiger partial charge in [-0.2, -0.15) is 0 Å². The summed E-state index contributed by atoms with van der Waals surface area (Å²) in [5.74, 6) is -0.474. The molecule has 1 aliphatic rings. The van der Waals surface area contributed by atoms with E-state index in [1.54, 1.807) is 18.2 Å². The Balaban J connectivity index is 1.81. The highest BCUT2D eigenvalue weighted by Gasteiger charge is 2.40. The molecule has 0 saturated carbocycles. The van der Waals surface area contributed by atoms with Crippen LogP contribution in [0.15, 0.2) is 66.4 Å². The SMILES string of the molecule is COc1ccc(N2C(=O)C(Nc3ccc(C)c(Cl)c3)=C(c3ccc(C)cc3)C2=O)cc1Cl. The zero-order valence-corrected chi connectivity index (χ0v) is 19.2. The summed E-state index contributed by atoms with van der Waals surface area (Å²) in [6.07, 6.45) is 0. The van der Waals surface area contributed by atoms with Crippen LogP contribution >= 0.6 is 23.2 Å². The molecule has 0 aliphatic carbocycles. The lowest BCUT2D eigenvalue weighted by Crippen LogP contribution is -2.32. The van der Waals surface area contributed by atoms with Crippen molar-refractivity contribution in [2.24, 2.45) is 0 Å². The first-order valence-electron chi connectivity index (χ1n) is 9.87. The zero-order valence-electron chi connectivity index (χ0n) is 17.7. The van der Waals surface area contributed by atoms with Crippen LogP contribution in [0.2, 0.25) is 10.0 Å². The Labute approximate surface area is 196 Å².